The number of halogens is 1. The van der Waals surface area contributed by atoms with E-state index in [1.54, 1.807) is 28.8 Å². The first-order valence-electron chi connectivity index (χ1n) is 6.76. The van der Waals surface area contributed by atoms with Gasteiger partial charge in [-0.15, -0.1) is 11.3 Å². The van der Waals surface area contributed by atoms with Crippen molar-refractivity contribution in [1.29, 1.82) is 0 Å². The lowest BCUT2D eigenvalue weighted by Crippen LogP contribution is -2.13. The maximum absolute atomic E-state index is 13.7. The van der Waals surface area contributed by atoms with Gasteiger partial charge in [-0.25, -0.2) is 9.37 Å². The highest BCUT2D eigenvalue weighted by atomic mass is 32.1. The number of hydrogen-bond donors (Lipinski definition) is 1. The Labute approximate surface area is 140 Å². The highest BCUT2D eigenvalue weighted by Crippen LogP contribution is 2.28. The predicted octanol–water partition coefficient (Wildman–Crippen LogP) is 4.20. The number of carbonyl (C=O) groups is 1. The highest BCUT2D eigenvalue weighted by molar-refractivity contribution is 7.14. The standard InChI is InChI=1S/C16H13FN2O2S2/c1-21-14-3-2-11(7-12(14)17)13-9-23-16(18-13)19-15(20)6-10-4-5-22-8-10/h2-5,7-9H,6H2,1H3,(H,18,19,20). The molecule has 0 aliphatic carbocycles. The number of rotatable bonds is 5. The molecule has 0 radical (unpaired) electrons. The molecule has 7 heteroatoms. The minimum absolute atomic E-state index is 0.120. The van der Waals surface area contributed by atoms with Crippen molar-refractivity contribution in [3.05, 3.63) is 51.8 Å². The molecule has 2 heterocycles. The Balaban J connectivity index is 1.70. The van der Waals surface area contributed by atoms with Crippen LogP contribution in [0.2, 0.25) is 0 Å². The summed E-state index contributed by atoms with van der Waals surface area (Å²) in [6.45, 7) is 0. The molecule has 3 aromatic rings. The third-order valence-electron chi connectivity index (χ3n) is 3.14. The summed E-state index contributed by atoms with van der Waals surface area (Å²) < 4.78 is 18.6. The Morgan fingerprint density at radius 1 is 1.35 bits per heavy atom. The fraction of sp³-hybridized carbons (Fsp3) is 0.125. The summed E-state index contributed by atoms with van der Waals surface area (Å²) in [6, 6.07) is 6.56. The van der Waals surface area contributed by atoms with Gasteiger partial charge in [-0.3, -0.25) is 4.79 Å². The van der Waals surface area contributed by atoms with E-state index >= 15 is 0 Å². The van der Waals surface area contributed by atoms with E-state index in [9.17, 15) is 9.18 Å². The molecule has 0 aliphatic heterocycles. The molecule has 1 amide bonds. The lowest BCUT2D eigenvalue weighted by molar-refractivity contribution is -0.115. The fourth-order valence-electron chi connectivity index (χ4n) is 2.03. The number of anilines is 1. The predicted molar refractivity (Wildman–Crippen MR) is 90.7 cm³/mol. The Hall–Kier alpha value is -2.25. The summed E-state index contributed by atoms with van der Waals surface area (Å²) in [4.78, 5) is 16.3. The van der Waals surface area contributed by atoms with Crippen molar-refractivity contribution >= 4 is 33.7 Å². The number of aromatic nitrogens is 1. The van der Waals surface area contributed by atoms with Crippen molar-refractivity contribution in [3.63, 3.8) is 0 Å². The molecule has 0 bridgehead atoms. The van der Waals surface area contributed by atoms with Gasteiger partial charge in [-0.05, 0) is 40.6 Å². The maximum atomic E-state index is 13.7. The van der Waals surface area contributed by atoms with Crippen molar-refractivity contribution in [2.24, 2.45) is 0 Å². The number of nitrogens with zero attached hydrogens (tertiary/aromatic N) is 1. The largest absolute Gasteiger partial charge is 0.494 e. The third-order valence-corrected chi connectivity index (χ3v) is 4.63. The van der Waals surface area contributed by atoms with Gasteiger partial charge in [-0.2, -0.15) is 11.3 Å². The Morgan fingerprint density at radius 3 is 2.91 bits per heavy atom. The summed E-state index contributed by atoms with van der Waals surface area (Å²) in [7, 11) is 1.42. The van der Waals surface area contributed by atoms with Crippen LogP contribution in [0.5, 0.6) is 5.75 Å². The summed E-state index contributed by atoms with van der Waals surface area (Å²) in [5.41, 5.74) is 2.22. The van der Waals surface area contributed by atoms with Gasteiger partial charge >= 0.3 is 0 Å². The molecule has 0 saturated heterocycles. The maximum Gasteiger partial charge on any atom is 0.230 e. The topological polar surface area (TPSA) is 51.2 Å². The van der Waals surface area contributed by atoms with Gasteiger partial charge in [0.15, 0.2) is 16.7 Å². The van der Waals surface area contributed by atoms with Gasteiger partial charge in [0, 0.05) is 10.9 Å². The molecule has 1 aromatic carbocycles. The van der Waals surface area contributed by atoms with E-state index < -0.39 is 5.82 Å². The average Bonchev–Trinajstić information content (AvgIpc) is 3.19. The van der Waals surface area contributed by atoms with E-state index in [1.807, 2.05) is 16.8 Å². The molecule has 1 N–H and O–H groups in total. The minimum Gasteiger partial charge on any atom is -0.494 e. The van der Waals surface area contributed by atoms with Crippen molar-refractivity contribution in [2.45, 2.75) is 6.42 Å². The highest BCUT2D eigenvalue weighted by Gasteiger charge is 2.11. The van der Waals surface area contributed by atoms with Crippen LogP contribution in [-0.4, -0.2) is 18.0 Å². The van der Waals surface area contributed by atoms with E-state index in [-0.39, 0.29) is 11.7 Å². The van der Waals surface area contributed by atoms with Crippen LogP contribution in [0.25, 0.3) is 11.3 Å². The van der Waals surface area contributed by atoms with Gasteiger partial charge in [0.25, 0.3) is 0 Å². The molecule has 3 rings (SSSR count). The Morgan fingerprint density at radius 2 is 2.22 bits per heavy atom. The third kappa shape index (κ3) is 3.75. The summed E-state index contributed by atoms with van der Waals surface area (Å²) in [6.07, 6.45) is 0.315. The van der Waals surface area contributed by atoms with Gasteiger partial charge in [0.1, 0.15) is 0 Å². The quantitative estimate of drug-likeness (QED) is 0.752. The number of benzene rings is 1. The average molecular weight is 348 g/mol. The van der Waals surface area contributed by atoms with Gasteiger partial charge in [0.05, 0.1) is 19.2 Å². The number of nitrogens with one attached hydrogen (secondary N) is 1. The van der Waals surface area contributed by atoms with Gasteiger partial charge < -0.3 is 10.1 Å². The molecule has 2 aromatic heterocycles. The summed E-state index contributed by atoms with van der Waals surface area (Å²) in [5.74, 6) is -0.375. The van der Waals surface area contributed by atoms with Crippen molar-refractivity contribution in [2.75, 3.05) is 12.4 Å². The zero-order valence-corrected chi connectivity index (χ0v) is 13.8. The molecule has 23 heavy (non-hydrogen) atoms. The second kappa shape index (κ2) is 6.89. The van der Waals surface area contributed by atoms with E-state index in [0.29, 0.717) is 22.8 Å². The number of amides is 1. The molecular formula is C16H13FN2O2S2. The van der Waals surface area contributed by atoms with Crippen LogP contribution in [0.4, 0.5) is 9.52 Å². The first kappa shape index (κ1) is 15.6. The van der Waals surface area contributed by atoms with Crippen LogP contribution >= 0.6 is 22.7 Å². The molecule has 0 spiro atoms. The minimum atomic E-state index is -0.443. The molecule has 4 nitrogen and oxygen atoms in total. The van der Waals surface area contributed by atoms with Gasteiger partial charge in [0.2, 0.25) is 5.91 Å². The van der Waals surface area contributed by atoms with Crippen LogP contribution in [0, 0.1) is 5.82 Å². The molecule has 118 valence electrons. The van der Waals surface area contributed by atoms with Crippen LogP contribution < -0.4 is 10.1 Å². The smallest absolute Gasteiger partial charge is 0.230 e. The zero-order valence-electron chi connectivity index (χ0n) is 12.2. The number of ether oxygens (including phenoxy) is 1. The lowest BCUT2D eigenvalue weighted by Gasteiger charge is -2.03. The number of thiophene rings is 1. The second-order valence-corrected chi connectivity index (χ2v) is 6.38. The molecule has 0 fully saturated rings. The van der Waals surface area contributed by atoms with Gasteiger partial charge in [-0.1, -0.05) is 0 Å². The lowest BCUT2D eigenvalue weighted by atomic mass is 10.1. The monoisotopic (exact) mass is 348 g/mol. The van der Waals surface area contributed by atoms with Crippen LogP contribution in [0.1, 0.15) is 5.56 Å². The number of carbonyl (C=O) groups excluding carboxylic acids is 1. The van der Waals surface area contributed by atoms with Crippen LogP contribution in [-0.2, 0) is 11.2 Å². The first-order valence-corrected chi connectivity index (χ1v) is 8.58. The van der Waals surface area contributed by atoms with Crippen molar-refractivity contribution in [1.82, 2.24) is 4.98 Å². The van der Waals surface area contributed by atoms with E-state index in [1.165, 1.54) is 24.5 Å². The molecule has 0 atom stereocenters. The Bertz CT molecular complexity index is 815. The van der Waals surface area contributed by atoms with Crippen molar-refractivity contribution < 1.29 is 13.9 Å². The SMILES string of the molecule is COc1ccc(-c2csc(NC(=O)Cc3ccsc3)n2)cc1F. The number of hydrogen-bond acceptors (Lipinski definition) is 5. The Kier molecular flexibility index (Phi) is 4.68. The molecule has 0 unspecified atom stereocenters. The summed E-state index contributed by atoms with van der Waals surface area (Å²) in [5, 5.41) is 8.91. The van der Waals surface area contributed by atoms with Crippen molar-refractivity contribution in [3.8, 4) is 17.0 Å². The first-order chi connectivity index (χ1) is 11.2. The number of methoxy groups -OCH3 is 1. The number of thiazole rings is 1. The zero-order chi connectivity index (χ0) is 16.2. The second-order valence-electron chi connectivity index (χ2n) is 4.74. The molecule has 0 aliphatic rings. The van der Waals surface area contributed by atoms with E-state index in [4.69, 9.17) is 4.74 Å². The fourth-order valence-corrected chi connectivity index (χ4v) is 3.44. The normalized spacial score (nSPS) is 10.5. The van der Waals surface area contributed by atoms with Crippen LogP contribution in [0.15, 0.2) is 40.4 Å². The van der Waals surface area contributed by atoms with E-state index in [2.05, 4.69) is 10.3 Å². The molecule has 0 saturated carbocycles. The molecular weight excluding hydrogens is 335 g/mol. The van der Waals surface area contributed by atoms with E-state index in [0.717, 1.165) is 5.56 Å². The summed E-state index contributed by atoms with van der Waals surface area (Å²) >= 11 is 2.86. The van der Waals surface area contributed by atoms with Crippen LogP contribution in [0.3, 0.4) is 0 Å².